The molecule has 0 saturated carbocycles. The molecular formula is C14H14N2OS. The Morgan fingerprint density at radius 3 is 2.50 bits per heavy atom. The Morgan fingerprint density at radius 1 is 1.06 bits per heavy atom. The van der Waals surface area contributed by atoms with E-state index in [1.165, 1.54) is 0 Å². The van der Waals surface area contributed by atoms with Gasteiger partial charge in [0.1, 0.15) is 5.75 Å². The third-order valence-corrected chi connectivity index (χ3v) is 2.64. The van der Waals surface area contributed by atoms with Gasteiger partial charge in [-0.2, -0.15) is 0 Å². The fourth-order valence-electron chi connectivity index (χ4n) is 1.56. The zero-order chi connectivity index (χ0) is 13.0. The summed E-state index contributed by atoms with van der Waals surface area (Å²) < 4.78 is 0. The number of phenolic OH excluding ortho intramolecular Hbond substituents is 1. The predicted octanol–water partition coefficient (Wildman–Crippen LogP) is 3.51. The molecule has 3 nitrogen and oxygen atoms in total. The van der Waals surface area contributed by atoms with Gasteiger partial charge >= 0.3 is 0 Å². The minimum Gasteiger partial charge on any atom is -0.506 e. The lowest BCUT2D eigenvalue weighted by Crippen LogP contribution is -2.19. The SMILES string of the molecule is Cc1ccc(O)c(NC(=S)Nc2ccccc2)c1. The zero-order valence-electron chi connectivity index (χ0n) is 9.97. The lowest BCUT2D eigenvalue weighted by atomic mass is 10.2. The zero-order valence-corrected chi connectivity index (χ0v) is 10.8. The summed E-state index contributed by atoms with van der Waals surface area (Å²) in [5.41, 5.74) is 2.56. The first-order valence-electron chi connectivity index (χ1n) is 5.58. The van der Waals surface area contributed by atoms with Gasteiger partial charge in [0.25, 0.3) is 0 Å². The van der Waals surface area contributed by atoms with Crippen LogP contribution in [0.2, 0.25) is 0 Å². The van der Waals surface area contributed by atoms with Crippen LogP contribution in [0.5, 0.6) is 5.75 Å². The number of benzene rings is 2. The molecule has 0 spiro atoms. The summed E-state index contributed by atoms with van der Waals surface area (Å²) in [6, 6.07) is 15.0. The number of anilines is 2. The van der Waals surface area contributed by atoms with Crippen molar-refractivity contribution in [3.63, 3.8) is 0 Å². The van der Waals surface area contributed by atoms with E-state index < -0.39 is 0 Å². The van der Waals surface area contributed by atoms with E-state index >= 15 is 0 Å². The standard InChI is InChI=1S/C14H14N2OS/c1-10-7-8-13(17)12(9-10)16-14(18)15-11-5-3-2-4-6-11/h2-9,17H,1H3,(H2,15,16,18). The molecule has 0 radical (unpaired) electrons. The Labute approximate surface area is 111 Å². The Morgan fingerprint density at radius 2 is 1.78 bits per heavy atom. The van der Waals surface area contributed by atoms with Crippen LogP contribution in [-0.2, 0) is 0 Å². The number of hydrogen-bond donors (Lipinski definition) is 3. The summed E-state index contributed by atoms with van der Waals surface area (Å²) in [5, 5.41) is 16.2. The number of nitrogens with one attached hydrogen (secondary N) is 2. The maximum atomic E-state index is 9.70. The van der Waals surface area contributed by atoms with Gasteiger partial charge in [-0.25, -0.2) is 0 Å². The van der Waals surface area contributed by atoms with Crippen molar-refractivity contribution >= 4 is 28.7 Å². The lowest BCUT2D eigenvalue weighted by Gasteiger charge is -2.12. The highest BCUT2D eigenvalue weighted by Crippen LogP contribution is 2.24. The molecule has 0 atom stereocenters. The second-order valence-corrected chi connectivity index (χ2v) is 4.37. The van der Waals surface area contributed by atoms with E-state index in [0.29, 0.717) is 10.8 Å². The molecule has 2 rings (SSSR count). The van der Waals surface area contributed by atoms with Crippen LogP contribution in [0.1, 0.15) is 5.56 Å². The second kappa shape index (κ2) is 5.51. The average Bonchev–Trinajstić information content (AvgIpc) is 2.35. The van der Waals surface area contributed by atoms with E-state index in [4.69, 9.17) is 12.2 Å². The maximum Gasteiger partial charge on any atom is 0.175 e. The second-order valence-electron chi connectivity index (χ2n) is 3.97. The predicted molar refractivity (Wildman–Crippen MR) is 79.1 cm³/mol. The normalized spacial score (nSPS) is 9.83. The van der Waals surface area contributed by atoms with Crippen molar-refractivity contribution in [2.24, 2.45) is 0 Å². The van der Waals surface area contributed by atoms with E-state index in [1.807, 2.05) is 49.4 Å². The number of aromatic hydroxyl groups is 1. The van der Waals surface area contributed by atoms with Crippen LogP contribution in [0.25, 0.3) is 0 Å². The van der Waals surface area contributed by atoms with Crippen LogP contribution < -0.4 is 10.6 Å². The minimum atomic E-state index is 0.179. The first kappa shape index (κ1) is 12.4. The third-order valence-electron chi connectivity index (χ3n) is 2.43. The Kier molecular flexibility index (Phi) is 3.79. The van der Waals surface area contributed by atoms with E-state index in [9.17, 15) is 5.11 Å². The molecule has 0 heterocycles. The molecule has 4 heteroatoms. The molecular weight excluding hydrogens is 244 g/mol. The van der Waals surface area contributed by atoms with Crippen LogP contribution in [0.4, 0.5) is 11.4 Å². The van der Waals surface area contributed by atoms with Crippen LogP contribution in [0.15, 0.2) is 48.5 Å². The fourth-order valence-corrected chi connectivity index (χ4v) is 1.78. The van der Waals surface area contributed by atoms with E-state index in [2.05, 4.69) is 10.6 Å². The molecule has 0 aliphatic rings. The number of para-hydroxylation sites is 1. The summed E-state index contributed by atoms with van der Waals surface area (Å²) >= 11 is 5.19. The quantitative estimate of drug-likeness (QED) is 0.570. The van der Waals surface area contributed by atoms with Crippen molar-refractivity contribution in [3.8, 4) is 5.75 Å². The Hall–Kier alpha value is -2.07. The van der Waals surface area contributed by atoms with Gasteiger partial charge in [0, 0.05) is 5.69 Å². The highest BCUT2D eigenvalue weighted by Gasteiger charge is 2.03. The topological polar surface area (TPSA) is 44.3 Å². The van der Waals surface area contributed by atoms with Crippen molar-refractivity contribution in [3.05, 3.63) is 54.1 Å². The number of hydrogen-bond acceptors (Lipinski definition) is 2. The van der Waals surface area contributed by atoms with Crippen molar-refractivity contribution in [2.75, 3.05) is 10.6 Å². The van der Waals surface area contributed by atoms with Crippen molar-refractivity contribution in [1.82, 2.24) is 0 Å². The van der Waals surface area contributed by atoms with Gasteiger partial charge in [0.2, 0.25) is 0 Å². The summed E-state index contributed by atoms with van der Waals surface area (Å²) in [4.78, 5) is 0. The maximum absolute atomic E-state index is 9.70. The molecule has 18 heavy (non-hydrogen) atoms. The first-order valence-corrected chi connectivity index (χ1v) is 5.98. The van der Waals surface area contributed by atoms with E-state index in [-0.39, 0.29) is 5.75 Å². The third kappa shape index (κ3) is 3.21. The largest absolute Gasteiger partial charge is 0.506 e. The van der Waals surface area contributed by atoms with Gasteiger partial charge in [-0.3, -0.25) is 0 Å². The van der Waals surface area contributed by atoms with Gasteiger partial charge < -0.3 is 15.7 Å². The van der Waals surface area contributed by atoms with Gasteiger partial charge in [-0.05, 0) is 49.0 Å². The summed E-state index contributed by atoms with van der Waals surface area (Å²) in [6.07, 6.45) is 0. The van der Waals surface area contributed by atoms with E-state index in [0.717, 1.165) is 11.3 Å². The van der Waals surface area contributed by atoms with Crippen LogP contribution >= 0.6 is 12.2 Å². The Bertz CT molecular complexity index is 555. The van der Waals surface area contributed by atoms with Gasteiger partial charge in [0.15, 0.2) is 5.11 Å². The molecule has 92 valence electrons. The minimum absolute atomic E-state index is 0.179. The monoisotopic (exact) mass is 258 g/mol. The molecule has 0 aliphatic carbocycles. The highest BCUT2D eigenvalue weighted by molar-refractivity contribution is 7.80. The summed E-state index contributed by atoms with van der Waals surface area (Å²) in [6.45, 7) is 1.96. The fraction of sp³-hybridized carbons (Fsp3) is 0.0714. The molecule has 0 aliphatic heterocycles. The van der Waals surface area contributed by atoms with Crippen LogP contribution in [-0.4, -0.2) is 10.2 Å². The first-order chi connectivity index (χ1) is 8.65. The molecule has 0 aromatic heterocycles. The number of phenols is 1. The van der Waals surface area contributed by atoms with Crippen molar-refractivity contribution in [2.45, 2.75) is 6.92 Å². The molecule has 0 fully saturated rings. The Balaban J connectivity index is 2.05. The van der Waals surface area contributed by atoms with Crippen LogP contribution in [0, 0.1) is 6.92 Å². The highest BCUT2D eigenvalue weighted by atomic mass is 32.1. The van der Waals surface area contributed by atoms with Crippen molar-refractivity contribution in [1.29, 1.82) is 0 Å². The average molecular weight is 258 g/mol. The van der Waals surface area contributed by atoms with Gasteiger partial charge in [0.05, 0.1) is 5.69 Å². The molecule has 0 saturated heterocycles. The van der Waals surface area contributed by atoms with Crippen LogP contribution in [0.3, 0.4) is 0 Å². The van der Waals surface area contributed by atoms with Gasteiger partial charge in [-0.1, -0.05) is 24.3 Å². The molecule has 0 amide bonds. The summed E-state index contributed by atoms with van der Waals surface area (Å²) in [7, 11) is 0. The molecule has 2 aromatic rings. The molecule has 0 unspecified atom stereocenters. The van der Waals surface area contributed by atoms with Gasteiger partial charge in [-0.15, -0.1) is 0 Å². The number of aryl methyl sites for hydroxylation is 1. The lowest BCUT2D eigenvalue weighted by molar-refractivity contribution is 0.478. The van der Waals surface area contributed by atoms with Crippen molar-refractivity contribution < 1.29 is 5.11 Å². The number of thiocarbonyl (C=S) groups is 1. The molecule has 2 aromatic carbocycles. The molecule has 3 N–H and O–H groups in total. The summed E-state index contributed by atoms with van der Waals surface area (Å²) in [5.74, 6) is 0.179. The van der Waals surface area contributed by atoms with E-state index in [1.54, 1.807) is 6.07 Å². The molecule has 0 bridgehead atoms. The smallest absolute Gasteiger partial charge is 0.175 e. The number of rotatable bonds is 2.